The van der Waals surface area contributed by atoms with E-state index in [1.165, 1.54) is 36.3 Å². The van der Waals surface area contributed by atoms with Crippen molar-refractivity contribution in [3.8, 4) is 5.75 Å². The third-order valence-electron chi connectivity index (χ3n) is 4.99. The molecule has 3 rings (SSSR count). The number of ether oxygens (including phenoxy) is 1. The highest BCUT2D eigenvalue weighted by Gasteiger charge is 2.53. The van der Waals surface area contributed by atoms with Crippen molar-refractivity contribution >= 4 is 34.9 Å². The lowest BCUT2D eigenvalue weighted by atomic mass is 9.84. The number of nitrogens with zero attached hydrogens (tertiary/aromatic N) is 1. The zero-order chi connectivity index (χ0) is 22.9. The first-order valence-electron chi connectivity index (χ1n) is 9.45. The van der Waals surface area contributed by atoms with Gasteiger partial charge < -0.3 is 4.74 Å². The van der Waals surface area contributed by atoms with Gasteiger partial charge in [0.1, 0.15) is 17.5 Å². The standard InChI is InChI=1S/C22H20F3NO4S/c1-12(2)19(27)17-18(15-6-4-5-7-16(15)30-3)26(21(29)20(17)28)13-8-10-14(11-9-13)31-22(23,24)25/h4-12,17-18H,1-3H3. The van der Waals surface area contributed by atoms with E-state index < -0.39 is 35.1 Å². The first kappa shape index (κ1) is 22.9. The molecular formula is C22H20F3NO4S. The van der Waals surface area contributed by atoms with Crippen LogP contribution in [0.2, 0.25) is 0 Å². The third-order valence-corrected chi connectivity index (χ3v) is 5.73. The van der Waals surface area contributed by atoms with Crippen LogP contribution in [0.15, 0.2) is 53.4 Å². The van der Waals surface area contributed by atoms with E-state index in [1.54, 1.807) is 38.1 Å². The Morgan fingerprint density at radius 3 is 2.23 bits per heavy atom. The van der Waals surface area contributed by atoms with Gasteiger partial charge in [0, 0.05) is 22.1 Å². The van der Waals surface area contributed by atoms with E-state index in [2.05, 4.69) is 0 Å². The summed E-state index contributed by atoms with van der Waals surface area (Å²) in [6, 6.07) is 10.9. The minimum Gasteiger partial charge on any atom is -0.496 e. The van der Waals surface area contributed by atoms with E-state index in [-0.39, 0.29) is 28.1 Å². The first-order valence-corrected chi connectivity index (χ1v) is 10.3. The van der Waals surface area contributed by atoms with Gasteiger partial charge >= 0.3 is 5.51 Å². The second kappa shape index (κ2) is 8.74. The summed E-state index contributed by atoms with van der Waals surface area (Å²) < 4.78 is 43.3. The molecule has 0 aliphatic carbocycles. The third kappa shape index (κ3) is 4.61. The van der Waals surface area contributed by atoms with E-state index in [0.717, 1.165) is 0 Å². The van der Waals surface area contributed by atoms with Gasteiger partial charge in [0.05, 0.1) is 13.2 Å². The molecule has 31 heavy (non-hydrogen) atoms. The maximum atomic E-state index is 12.9. The molecule has 1 saturated heterocycles. The number of benzene rings is 2. The number of carbonyl (C=O) groups is 3. The number of para-hydroxylation sites is 1. The lowest BCUT2D eigenvalue weighted by Crippen LogP contribution is -2.32. The fourth-order valence-electron chi connectivity index (χ4n) is 3.63. The SMILES string of the molecule is COc1ccccc1C1C(C(=O)C(C)C)C(=O)C(=O)N1c1ccc(SC(F)(F)F)cc1. The van der Waals surface area contributed by atoms with Crippen molar-refractivity contribution < 1.29 is 32.3 Å². The summed E-state index contributed by atoms with van der Waals surface area (Å²) in [5.41, 5.74) is -3.76. The van der Waals surface area contributed by atoms with Gasteiger partial charge in [0.2, 0.25) is 5.78 Å². The van der Waals surface area contributed by atoms with Crippen LogP contribution < -0.4 is 9.64 Å². The number of alkyl halides is 3. The molecule has 0 bridgehead atoms. The molecule has 164 valence electrons. The summed E-state index contributed by atoms with van der Waals surface area (Å²) in [6.45, 7) is 3.29. The number of hydrogen-bond acceptors (Lipinski definition) is 5. The van der Waals surface area contributed by atoms with Crippen LogP contribution in [0.1, 0.15) is 25.5 Å². The summed E-state index contributed by atoms with van der Waals surface area (Å²) >= 11 is -0.279. The monoisotopic (exact) mass is 451 g/mol. The maximum absolute atomic E-state index is 12.9. The lowest BCUT2D eigenvalue weighted by Gasteiger charge is -2.29. The Morgan fingerprint density at radius 2 is 1.68 bits per heavy atom. The van der Waals surface area contributed by atoms with Crippen molar-refractivity contribution in [1.29, 1.82) is 0 Å². The maximum Gasteiger partial charge on any atom is 0.446 e. The van der Waals surface area contributed by atoms with Crippen molar-refractivity contribution in [1.82, 2.24) is 0 Å². The number of thioether (sulfide) groups is 1. The number of Topliss-reactive ketones (excluding diaryl/α,β-unsaturated/α-hetero) is 2. The number of halogens is 3. The zero-order valence-electron chi connectivity index (χ0n) is 17.0. The Balaban J connectivity index is 2.11. The van der Waals surface area contributed by atoms with E-state index >= 15 is 0 Å². The number of carbonyl (C=O) groups excluding carboxylic acids is 3. The highest BCUT2D eigenvalue weighted by atomic mass is 32.2. The molecule has 0 radical (unpaired) electrons. The van der Waals surface area contributed by atoms with Gasteiger partial charge in [-0.15, -0.1) is 0 Å². The van der Waals surface area contributed by atoms with Gasteiger partial charge in [-0.3, -0.25) is 19.3 Å². The Labute approximate surface area is 181 Å². The normalized spacial score (nSPS) is 19.3. The Morgan fingerprint density at radius 1 is 1.06 bits per heavy atom. The van der Waals surface area contributed by atoms with Crippen LogP contribution in [-0.4, -0.2) is 30.1 Å². The Bertz CT molecular complexity index is 1000. The molecule has 0 N–H and O–H groups in total. The van der Waals surface area contributed by atoms with E-state index in [1.807, 2.05) is 0 Å². The number of anilines is 1. The average Bonchev–Trinajstić information content (AvgIpc) is 2.97. The number of methoxy groups -OCH3 is 1. The van der Waals surface area contributed by atoms with E-state index in [9.17, 15) is 27.6 Å². The molecule has 2 atom stereocenters. The quantitative estimate of drug-likeness (QED) is 0.359. The van der Waals surface area contributed by atoms with Crippen LogP contribution in [0, 0.1) is 11.8 Å². The first-order chi connectivity index (χ1) is 14.5. The highest BCUT2D eigenvalue weighted by Crippen LogP contribution is 2.45. The Hall–Kier alpha value is -2.81. The van der Waals surface area contributed by atoms with Crippen molar-refractivity contribution in [2.45, 2.75) is 30.3 Å². The van der Waals surface area contributed by atoms with E-state index in [4.69, 9.17) is 4.74 Å². The second-order valence-corrected chi connectivity index (χ2v) is 8.44. The molecule has 1 aliphatic rings. The van der Waals surface area contributed by atoms with Crippen LogP contribution >= 0.6 is 11.8 Å². The minimum absolute atomic E-state index is 0.0575. The number of amides is 1. The largest absolute Gasteiger partial charge is 0.496 e. The predicted molar refractivity (Wildman–Crippen MR) is 110 cm³/mol. The van der Waals surface area contributed by atoms with Gasteiger partial charge in [-0.1, -0.05) is 32.0 Å². The average molecular weight is 451 g/mol. The molecule has 0 aromatic heterocycles. The topological polar surface area (TPSA) is 63.7 Å². The van der Waals surface area contributed by atoms with E-state index in [0.29, 0.717) is 11.3 Å². The van der Waals surface area contributed by atoms with Gasteiger partial charge in [-0.2, -0.15) is 13.2 Å². The molecule has 2 unspecified atom stereocenters. The summed E-state index contributed by atoms with van der Waals surface area (Å²) in [4.78, 5) is 39.8. The van der Waals surface area contributed by atoms with Crippen LogP contribution in [0.5, 0.6) is 5.75 Å². The van der Waals surface area contributed by atoms with Gasteiger partial charge in [0.25, 0.3) is 5.91 Å². The van der Waals surface area contributed by atoms with Gasteiger partial charge in [-0.25, -0.2) is 0 Å². The molecule has 1 aliphatic heterocycles. The van der Waals surface area contributed by atoms with Gasteiger partial charge in [0.15, 0.2) is 0 Å². The lowest BCUT2D eigenvalue weighted by molar-refractivity contribution is -0.139. The molecule has 0 saturated carbocycles. The zero-order valence-corrected chi connectivity index (χ0v) is 17.8. The molecule has 1 heterocycles. The fourth-order valence-corrected chi connectivity index (χ4v) is 4.17. The van der Waals surface area contributed by atoms with Crippen LogP contribution in [-0.2, 0) is 14.4 Å². The number of hydrogen-bond donors (Lipinski definition) is 0. The molecule has 2 aromatic rings. The van der Waals surface area contributed by atoms with Crippen molar-refractivity contribution in [3.63, 3.8) is 0 Å². The van der Waals surface area contributed by atoms with Crippen LogP contribution in [0.25, 0.3) is 0 Å². The number of ketones is 2. The summed E-state index contributed by atoms with van der Waals surface area (Å²) in [5.74, 6) is -3.46. The molecule has 5 nitrogen and oxygen atoms in total. The van der Waals surface area contributed by atoms with Crippen LogP contribution in [0.4, 0.5) is 18.9 Å². The molecule has 1 amide bonds. The molecule has 9 heteroatoms. The van der Waals surface area contributed by atoms with Crippen molar-refractivity contribution in [2.75, 3.05) is 12.0 Å². The van der Waals surface area contributed by atoms with Crippen molar-refractivity contribution in [2.24, 2.45) is 11.8 Å². The van der Waals surface area contributed by atoms with Gasteiger partial charge in [-0.05, 0) is 42.1 Å². The number of rotatable bonds is 6. The smallest absolute Gasteiger partial charge is 0.446 e. The molecule has 1 fully saturated rings. The van der Waals surface area contributed by atoms with Crippen molar-refractivity contribution in [3.05, 3.63) is 54.1 Å². The fraction of sp³-hybridized carbons (Fsp3) is 0.318. The second-order valence-electron chi connectivity index (χ2n) is 7.30. The highest BCUT2D eigenvalue weighted by molar-refractivity contribution is 8.00. The van der Waals surface area contributed by atoms with Crippen LogP contribution in [0.3, 0.4) is 0 Å². The summed E-state index contributed by atoms with van der Waals surface area (Å²) in [6.07, 6.45) is 0. The predicted octanol–water partition coefficient (Wildman–Crippen LogP) is 4.81. The summed E-state index contributed by atoms with van der Waals surface area (Å²) in [5, 5.41) is 0. The summed E-state index contributed by atoms with van der Waals surface area (Å²) in [7, 11) is 1.43. The minimum atomic E-state index is -4.45. The molecular weight excluding hydrogens is 431 g/mol. The Kier molecular flexibility index (Phi) is 6.45. The molecule has 2 aromatic carbocycles. The molecule has 0 spiro atoms.